The zero-order valence-electron chi connectivity index (χ0n) is 11.8. The number of carbonyl (C=O) groups is 2. The van der Waals surface area contributed by atoms with Crippen molar-refractivity contribution in [3.8, 4) is 0 Å². The summed E-state index contributed by atoms with van der Waals surface area (Å²) in [6, 6.07) is 5.08. The summed E-state index contributed by atoms with van der Waals surface area (Å²) < 4.78 is 4.86. The zero-order chi connectivity index (χ0) is 14.9. The summed E-state index contributed by atoms with van der Waals surface area (Å²) in [6.07, 6.45) is 4.55. The lowest BCUT2D eigenvalue weighted by Gasteiger charge is -2.32. The van der Waals surface area contributed by atoms with Crippen LogP contribution in [0.2, 0.25) is 0 Å². The summed E-state index contributed by atoms with van der Waals surface area (Å²) in [5, 5.41) is 8.99. The van der Waals surface area contributed by atoms with Crippen molar-refractivity contribution in [2.24, 2.45) is 11.3 Å². The van der Waals surface area contributed by atoms with Crippen molar-refractivity contribution in [3.63, 3.8) is 0 Å². The van der Waals surface area contributed by atoms with Crippen molar-refractivity contribution in [1.29, 1.82) is 0 Å². The molecule has 1 aromatic carbocycles. The highest BCUT2D eigenvalue weighted by molar-refractivity contribution is 5.88. The third-order valence-electron chi connectivity index (χ3n) is 3.98. The first-order chi connectivity index (χ1) is 9.36. The van der Waals surface area contributed by atoms with Crippen LogP contribution in [0.1, 0.15) is 35.3 Å². The topological polar surface area (TPSA) is 63.6 Å². The molecule has 1 N–H and O–H groups in total. The van der Waals surface area contributed by atoms with Crippen LogP contribution < -0.4 is 0 Å². The van der Waals surface area contributed by atoms with Gasteiger partial charge in [-0.3, -0.25) is 4.79 Å². The Morgan fingerprint density at radius 1 is 1.35 bits per heavy atom. The fourth-order valence-electron chi connectivity index (χ4n) is 2.50. The smallest absolute Gasteiger partial charge is 0.335 e. The van der Waals surface area contributed by atoms with Crippen molar-refractivity contribution in [3.05, 3.63) is 41.0 Å². The van der Waals surface area contributed by atoms with Crippen LogP contribution in [0.15, 0.2) is 24.3 Å². The van der Waals surface area contributed by atoms with E-state index in [1.807, 2.05) is 32.1 Å². The summed E-state index contributed by atoms with van der Waals surface area (Å²) in [6.45, 7) is 3.73. The largest absolute Gasteiger partial charge is 0.478 e. The van der Waals surface area contributed by atoms with Gasteiger partial charge in [0.2, 0.25) is 0 Å². The molecule has 0 aliphatic heterocycles. The summed E-state index contributed by atoms with van der Waals surface area (Å²) >= 11 is 0. The van der Waals surface area contributed by atoms with Gasteiger partial charge in [-0.2, -0.15) is 0 Å². The van der Waals surface area contributed by atoms with Gasteiger partial charge in [-0.05, 0) is 49.4 Å². The molecule has 0 bridgehead atoms. The Hall–Kier alpha value is -2.10. The van der Waals surface area contributed by atoms with E-state index in [9.17, 15) is 9.59 Å². The molecule has 1 unspecified atom stereocenters. The second kappa shape index (κ2) is 5.12. The van der Waals surface area contributed by atoms with E-state index < -0.39 is 11.4 Å². The van der Waals surface area contributed by atoms with Gasteiger partial charge >= 0.3 is 11.9 Å². The number of esters is 1. The first-order valence-electron chi connectivity index (χ1n) is 6.49. The number of rotatable bonds is 3. The van der Waals surface area contributed by atoms with Gasteiger partial charge in [0.15, 0.2) is 0 Å². The summed E-state index contributed by atoms with van der Waals surface area (Å²) in [5.41, 5.74) is 1.63. The molecule has 2 rings (SSSR count). The first kappa shape index (κ1) is 14.3. The van der Waals surface area contributed by atoms with Gasteiger partial charge in [0.05, 0.1) is 18.1 Å². The van der Waals surface area contributed by atoms with Crippen LogP contribution in [0, 0.1) is 11.3 Å². The van der Waals surface area contributed by atoms with Crippen molar-refractivity contribution in [1.82, 2.24) is 0 Å². The van der Waals surface area contributed by atoms with E-state index in [-0.39, 0.29) is 17.5 Å². The van der Waals surface area contributed by atoms with Crippen LogP contribution >= 0.6 is 0 Å². The number of benzene rings is 1. The maximum Gasteiger partial charge on any atom is 0.335 e. The zero-order valence-corrected chi connectivity index (χ0v) is 11.8. The number of allylic oxidation sites excluding steroid dienone is 1. The minimum absolute atomic E-state index is 0.0399. The molecule has 0 aromatic heterocycles. The standard InChI is InChI=1S/C16H18O4/c1-16(2,15(19)20-3)13-7-6-10-8-12(14(17)18)5-4-11(10)9-13/h4-8,13H,9H2,1-3H3,(H,17,18). The summed E-state index contributed by atoms with van der Waals surface area (Å²) in [7, 11) is 1.39. The second-order valence-corrected chi connectivity index (χ2v) is 5.60. The quantitative estimate of drug-likeness (QED) is 0.861. The van der Waals surface area contributed by atoms with Crippen LogP contribution in [0.25, 0.3) is 6.08 Å². The Morgan fingerprint density at radius 3 is 2.65 bits per heavy atom. The average molecular weight is 274 g/mol. The van der Waals surface area contributed by atoms with Crippen LogP contribution in [0.3, 0.4) is 0 Å². The molecule has 1 aliphatic carbocycles. The molecule has 106 valence electrons. The number of hydrogen-bond donors (Lipinski definition) is 1. The minimum atomic E-state index is -0.932. The number of fused-ring (bicyclic) bond motifs is 1. The molecule has 0 saturated carbocycles. The predicted molar refractivity (Wildman–Crippen MR) is 75.4 cm³/mol. The van der Waals surface area contributed by atoms with E-state index >= 15 is 0 Å². The molecule has 1 aliphatic rings. The number of carboxylic acid groups (broad SMARTS) is 1. The highest BCUT2D eigenvalue weighted by Crippen LogP contribution is 2.36. The highest BCUT2D eigenvalue weighted by atomic mass is 16.5. The molecule has 0 amide bonds. The number of methoxy groups -OCH3 is 1. The van der Waals surface area contributed by atoms with Crippen molar-refractivity contribution in [2.75, 3.05) is 7.11 Å². The summed E-state index contributed by atoms with van der Waals surface area (Å²) in [5.74, 6) is -1.13. The lowest BCUT2D eigenvalue weighted by molar-refractivity contribution is -0.152. The van der Waals surface area contributed by atoms with Crippen molar-refractivity contribution in [2.45, 2.75) is 20.3 Å². The number of carboxylic acids is 1. The van der Waals surface area contributed by atoms with Crippen LogP contribution in [-0.2, 0) is 16.0 Å². The number of hydrogen-bond acceptors (Lipinski definition) is 3. The molecule has 4 heteroatoms. The molecule has 20 heavy (non-hydrogen) atoms. The second-order valence-electron chi connectivity index (χ2n) is 5.60. The third-order valence-corrected chi connectivity index (χ3v) is 3.98. The molecule has 1 aromatic rings. The molecule has 0 fully saturated rings. The molecule has 0 saturated heterocycles. The lowest BCUT2D eigenvalue weighted by Crippen LogP contribution is -2.35. The number of carbonyl (C=O) groups excluding carboxylic acids is 1. The molecule has 0 radical (unpaired) electrons. The summed E-state index contributed by atoms with van der Waals surface area (Å²) in [4.78, 5) is 22.8. The predicted octanol–water partition coefficient (Wildman–Crippen LogP) is 2.77. The molecule has 4 nitrogen and oxygen atoms in total. The van der Waals surface area contributed by atoms with Gasteiger partial charge in [-0.1, -0.05) is 18.2 Å². The fraction of sp³-hybridized carbons (Fsp3) is 0.375. The van der Waals surface area contributed by atoms with Crippen molar-refractivity contribution >= 4 is 18.0 Å². The van der Waals surface area contributed by atoms with Gasteiger partial charge < -0.3 is 9.84 Å². The van der Waals surface area contributed by atoms with Gasteiger partial charge in [-0.15, -0.1) is 0 Å². The van der Waals surface area contributed by atoms with Crippen LogP contribution in [0.4, 0.5) is 0 Å². The third kappa shape index (κ3) is 2.46. The van der Waals surface area contributed by atoms with Gasteiger partial charge in [0.1, 0.15) is 0 Å². The number of aromatic carboxylic acids is 1. The van der Waals surface area contributed by atoms with Crippen LogP contribution in [-0.4, -0.2) is 24.2 Å². The Kier molecular flexibility index (Phi) is 3.66. The van der Waals surface area contributed by atoms with E-state index in [2.05, 4.69) is 0 Å². The van der Waals surface area contributed by atoms with E-state index in [1.54, 1.807) is 12.1 Å². The molecule has 0 spiro atoms. The lowest BCUT2D eigenvalue weighted by atomic mass is 9.72. The minimum Gasteiger partial charge on any atom is -0.478 e. The Bertz CT molecular complexity index is 584. The Morgan fingerprint density at radius 2 is 2.05 bits per heavy atom. The van der Waals surface area contributed by atoms with Gasteiger partial charge in [-0.25, -0.2) is 4.79 Å². The average Bonchev–Trinajstić information content (AvgIpc) is 2.44. The maximum atomic E-state index is 11.9. The highest BCUT2D eigenvalue weighted by Gasteiger charge is 2.37. The first-order valence-corrected chi connectivity index (χ1v) is 6.49. The monoisotopic (exact) mass is 274 g/mol. The Balaban J connectivity index is 2.30. The number of ether oxygens (including phenoxy) is 1. The van der Waals surface area contributed by atoms with E-state index in [1.165, 1.54) is 7.11 Å². The molecule has 0 heterocycles. The van der Waals surface area contributed by atoms with E-state index in [4.69, 9.17) is 9.84 Å². The fourth-order valence-corrected chi connectivity index (χ4v) is 2.50. The van der Waals surface area contributed by atoms with Crippen LogP contribution in [0.5, 0.6) is 0 Å². The van der Waals surface area contributed by atoms with Gasteiger partial charge in [0, 0.05) is 0 Å². The van der Waals surface area contributed by atoms with E-state index in [0.29, 0.717) is 6.42 Å². The molecular formula is C16H18O4. The van der Waals surface area contributed by atoms with Crippen molar-refractivity contribution < 1.29 is 19.4 Å². The van der Waals surface area contributed by atoms with E-state index in [0.717, 1.165) is 11.1 Å². The molecular weight excluding hydrogens is 256 g/mol. The SMILES string of the molecule is COC(=O)C(C)(C)C1C=Cc2cc(C(=O)O)ccc2C1. The van der Waals surface area contributed by atoms with Gasteiger partial charge in [0.25, 0.3) is 0 Å². The molecule has 1 atom stereocenters. The normalized spacial score (nSPS) is 17.4. The maximum absolute atomic E-state index is 11.9. The Labute approximate surface area is 118 Å².